The summed E-state index contributed by atoms with van der Waals surface area (Å²) in [5, 5.41) is 0. The minimum absolute atomic E-state index is 0.165. The van der Waals surface area contributed by atoms with Crippen molar-refractivity contribution in [2.45, 2.75) is 63.6 Å². The van der Waals surface area contributed by atoms with E-state index < -0.39 is 5.79 Å². The Morgan fingerprint density at radius 2 is 1.80 bits per heavy atom. The fourth-order valence-electron chi connectivity index (χ4n) is 7.25. The van der Waals surface area contributed by atoms with Crippen molar-refractivity contribution in [3.8, 4) is 0 Å². The van der Waals surface area contributed by atoms with E-state index in [1.807, 2.05) is 0 Å². The molecular weight excluding hydrogens is 440 g/mol. The van der Waals surface area contributed by atoms with E-state index in [1.165, 1.54) is 11.1 Å². The van der Waals surface area contributed by atoms with Gasteiger partial charge in [0.2, 0.25) is 0 Å². The number of carbonyl (C=O) groups is 1. The van der Waals surface area contributed by atoms with Crippen LogP contribution in [0, 0.1) is 17.3 Å². The van der Waals surface area contributed by atoms with Crippen molar-refractivity contribution < 1.29 is 14.3 Å². The molecule has 1 saturated heterocycles. The number of halogens is 1. The van der Waals surface area contributed by atoms with Gasteiger partial charge in [-0.3, -0.25) is 4.79 Å². The first-order valence-corrected chi connectivity index (χ1v) is 12.3. The molecule has 0 N–H and O–H groups in total. The molecule has 4 aliphatic carbocycles. The molecule has 1 aromatic carbocycles. The van der Waals surface area contributed by atoms with Crippen LogP contribution in [0.4, 0.5) is 0 Å². The summed E-state index contributed by atoms with van der Waals surface area (Å²) in [5.41, 5.74) is 5.84. The zero-order valence-corrected chi connectivity index (χ0v) is 19.2. The van der Waals surface area contributed by atoms with Gasteiger partial charge in [-0.05, 0) is 78.9 Å². The number of allylic oxidation sites excluding steroid dienone is 3. The summed E-state index contributed by atoms with van der Waals surface area (Å²) in [5.74, 6) is 1.40. The van der Waals surface area contributed by atoms with Crippen LogP contribution < -0.4 is 0 Å². The number of benzene rings is 1. The number of hydrogen-bond acceptors (Lipinski definition) is 3. The van der Waals surface area contributed by atoms with Gasteiger partial charge in [0, 0.05) is 28.6 Å². The molecule has 3 fully saturated rings. The van der Waals surface area contributed by atoms with Crippen LogP contribution in [0.25, 0.3) is 0 Å². The van der Waals surface area contributed by atoms with Gasteiger partial charge in [0.1, 0.15) is 5.78 Å². The Morgan fingerprint density at radius 1 is 1.03 bits per heavy atom. The van der Waals surface area contributed by atoms with Crippen molar-refractivity contribution in [3.63, 3.8) is 0 Å². The molecule has 1 aliphatic heterocycles. The smallest absolute Gasteiger partial charge is 0.188 e. The van der Waals surface area contributed by atoms with Crippen molar-refractivity contribution >= 4 is 21.7 Å². The molecule has 1 aromatic rings. The highest BCUT2D eigenvalue weighted by Crippen LogP contribution is 2.63. The molecule has 6 rings (SSSR count). The van der Waals surface area contributed by atoms with Crippen molar-refractivity contribution in [2.24, 2.45) is 17.3 Å². The van der Waals surface area contributed by atoms with Gasteiger partial charge in [-0.25, -0.2) is 0 Å². The molecule has 4 heteroatoms. The molecule has 1 spiro atoms. The number of ketones is 1. The van der Waals surface area contributed by atoms with E-state index in [0.717, 1.165) is 49.4 Å². The first-order valence-electron chi connectivity index (χ1n) is 11.5. The number of Topliss-reactive ketones (excluding diaryl/α,β-unsaturated/α-hetero) is 1. The quantitative estimate of drug-likeness (QED) is 0.499. The molecule has 3 nitrogen and oxygen atoms in total. The number of carbonyl (C=O) groups excluding carboxylic acids is 1. The van der Waals surface area contributed by atoms with E-state index in [-0.39, 0.29) is 5.41 Å². The summed E-state index contributed by atoms with van der Waals surface area (Å²) in [6.45, 7) is 3.66. The van der Waals surface area contributed by atoms with Gasteiger partial charge in [0.25, 0.3) is 0 Å². The predicted molar refractivity (Wildman–Crippen MR) is 119 cm³/mol. The second-order valence-electron chi connectivity index (χ2n) is 10.1. The van der Waals surface area contributed by atoms with Crippen molar-refractivity contribution in [3.05, 3.63) is 57.1 Å². The minimum Gasteiger partial charge on any atom is -0.344 e. The van der Waals surface area contributed by atoms with Gasteiger partial charge >= 0.3 is 0 Å². The molecule has 0 bridgehead atoms. The Hall–Kier alpha value is -1.23. The van der Waals surface area contributed by atoms with E-state index in [4.69, 9.17) is 9.47 Å². The van der Waals surface area contributed by atoms with Gasteiger partial charge in [-0.1, -0.05) is 40.6 Å². The van der Waals surface area contributed by atoms with Crippen LogP contribution in [0.15, 0.2) is 51.5 Å². The second kappa shape index (κ2) is 6.88. The standard InChI is InChI=1S/C26H29BrO3/c1-25-15-21(16-2-5-18(27)6-3-16)24-19-10-11-26(29-12-13-30-26)14-17(19)4-7-20(24)22(25)8-9-23(25)28/h2-3,5-6,14,20-22H,4,7-13,15H2,1H3/t20?,21?,22?,25-/m0/s1. The monoisotopic (exact) mass is 468 g/mol. The SMILES string of the molecule is C[C@]12CC(c3ccc(Br)cc3)C3=C4CCC5(C=C4CCC3C1CCC2=O)OCCO5. The molecule has 0 radical (unpaired) electrons. The number of fused-ring (bicyclic) bond motifs is 4. The molecule has 4 atom stereocenters. The number of rotatable bonds is 1. The van der Waals surface area contributed by atoms with Gasteiger partial charge in [0.15, 0.2) is 5.79 Å². The van der Waals surface area contributed by atoms with Crippen molar-refractivity contribution in [1.82, 2.24) is 0 Å². The molecule has 30 heavy (non-hydrogen) atoms. The third kappa shape index (κ3) is 2.79. The third-order valence-electron chi connectivity index (χ3n) is 8.65. The Morgan fingerprint density at radius 3 is 2.57 bits per heavy atom. The summed E-state index contributed by atoms with van der Waals surface area (Å²) in [6.07, 6.45) is 9.28. The van der Waals surface area contributed by atoms with Crippen LogP contribution in [0.5, 0.6) is 0 Å². The summed E-state index contributed by atoms with van der Waals surface area (Å²) in [4.78, 5) is 13.0. The molecule has 3 unspecified atom stereocenters. The minimum atomic E-state index is -0.480. The lowest BCUT2D eigenvalue weighted by Crippen LogP contribution is -2.44. The normalized spacial score (nSPS) is 37.1. The van der Waals surface area contributed by atoms with E-state index in [0.29, 0.717) is 36.8 Å². The molecule has 0 aromatic heterocycles. The molecule has 5 aliphatic rings. The molecule has 2 saturated carbocycles. The molecule has 0 amide bonds. The van der Waals surface area contributed by atoms with Gasteiger partial charge in [-0.2, -0.15) is 0 Å². The lowest BCUT2D eigenvalue weighted by atomic mass is 9.53. The van der Waals surface area contributed by atoms with Crippen LogP contribution in [0.1, 0.15) is 63.4 Å². The van der Waals surface area contributed by atoms with E-state index in [9.17, 15) is 4.79 Å². The summed E-state index contributed by atoms with van der Waals surface area (Å²) < 4.78 is 13.1. The zero-order valence-electron chi connectivity index (χ0n) is 17.6. The average Bonchev–Trinajstić information content (AvgIpc) is 3.32. The van der Waals surface area contributed by atoms with Gasteiger partial charge < -0.3 is 9.47 Å². The van der Waals surface area contributed by atoms with E-state index in [2.05, 4.69) is 53.2 Å². The highest BCUT2D eigenvalue weighted by molar-refractivity contribution is 9.10. The summed E-state index contributed by atoms with van der Waals surface area (Å²) >= 11 is 3.59. The van der Waals surface area contributed by atoms with Crippen LogP contribution in [-0.4, -0.2) is 24.8 Å². The maximum absolute atomic E-state index is 13.0. The maximum Gasteiger partial charge on any atom is 0.188 e. The highest BCUT2D eigenvalue weighted by Gasteiger charge is 2.56. The Kier molecular flexibility index (Phi) is 4.46. The lowest BCUT2D eigenvalue weighted by Gasteiger charge is -2.50. The van der Waals surface area contributed by atoms with E-state index >= 15 is 0 Å². The number of hydrogen-bond donors (Lipinski definition) is 0. The summed E-state index contributed by atoms with van der Waals surface area (Å²) in [7, 11) is 0. The molecular formula is C26H29BrO3. The Bertz CT molecular complexity index is 953. The predicted octanol–water partition coefficient (Wildman–Crippen LogP) is 6.09. The van der Waals surface area contributed by atoms with Crippen LogP contribution in [0.3, 0.4) is 0 Å². The zero-order chi connectivity index (χ0) is 20.5. The van der Waals surface area contributed by atoms with Crippen LogP contribution in [-0.2, 0) is 14.3 Å². The first kappa shape index (κ1) is 19.5. The lowest BCUT2D eigenvalue weighted by molar-refractivity contribution is -0.128. The highest BCUT2D eigenvalue weighted by atomic mass is 79.9. The largest absolute Gasteiger partial charge is 0.344 e. The van der Waals surface area contributed by atoms with Crippen LogP contribution in [0.2, 0.25) is 0 Å². The fourth-order valence-corrected chi connectivity index (χ4v) is 7.51. The van der Waals surface area contributed by atoms with Crippen molar-refractivity contribution in [2.75, 3.05) is 13.2 Å². The maximum atomic E-state index is 13.0. The Labute approximate surface area is 187 Å². The molecule has 1 heterocycles. The van der Waals surface area contributed by atoms with Crippen molar-refractivity contribution in [1.29, 1.82) is 0 Å². The van der Waals surface area contributed by atoms with Gasteiger partial charge in [0.05, 0.1) is 13.2 Å². The second-order valence-corrected chi connectivity index (χ2v) is 11.0. The fraction of sp³-hybridized carbons (Fsp3) is 0.577. The Balaban J connectivity index is 1.50. The average molecular weight is 469 g/mol. The van der Waals surface area contributed by atoms with Crippen LogP contribution >= 0.6 is 15.9 Å². The first-order chi connectivity index (χ1) is 14.5. The van der Waals surface area contributed by atoms with Gasteiger partial charge in [-0.15, -0.1) is 0 Å². The summed E-state index contributed by atoms with van der Waals surface area (Å²) in [6, 6.07) is 8.81. The third-order valence-corrected chi connectivity index (χ3v) is 9.18. The topological polar surface area (TPSA) is 35.5 Å². The number of ether oxygens (including phenoxy) is 2. The van der Waals surface area contributed by atoms with E-state index in [1.54, 1.807) is 11.1 Å². The molecule has 158 valence electrons.